The van der Waals surface area contributed by atoms with Gasteiger partial charge in [0.05, 0.1) is 18.9 Å². The fourth-order valence-corrected chi connectivity index (χ4v) is 2.44. The average molecular weight is 366 g/mol. The molecule has 138 valence electrons. The van der Waals surface area contributed by atoms with Crippen molar-refractivity contribution in [2.75, 3.05) is 13.7 Å². The lowest BCUT2D eigenvalue weighted by molar-refractivity contribution is -0.124. The first-order valence-corrected chi connectivity index (χ1v) is 8.22. The SMILES string of the molecule is COc1ccccc1CNC(=O)COC(=O)c1ccc(-c2cnco2)cc1. The fourth-order valence-electron chi connectivity index (χ4n) is 2.44. The van der Waals surface area contributed by atoms with Crippen LogP contribution in [0.5, 0.6) is 5.75 Å². The van der Waals surface area contributed by atoms with Gasteiger partial charge < -0.3 is 19.2 Å². The Kier molecular flexibility index (Phi) is 5.84. The van der Waals surface area contributed by atoms with Crippen molar-refractivity contribution >= 4 is 11.9 Å². The molecule has 0 aliphatic carbocycles. The van der Waals surface area contributed by atoms with Crippen LogP contribution in [-0.2, 0) is 16.1 Å². The summed E-state index contributed by atoms with van der Waals surface area (Å²) in [7, 11) is 1.57. The number of nitrogens with one attached hydrogen (secondary N) is 1. The number of carbonyl (C=O) groups excluding carboxylic acids is 2. The van der Waals surface area contributed by atoms with E-state index in [1.807, 2.05) is 24.3 Å². The van der Waals surface area contributed by atoms with E-state index in [1.165, 1.54) is 6.39 Å². The largest absolute Gasteiger partial charge is 0.496 e. The van der Waals surface area contributed by atoms with Crippen molar-refractivity contribution in [1.29, 1.82) is 0 Å². The van der Waals surface area contributed by atoms with E-state index in [2.05, 4.69) is 10.3 Å². The van der Waals surface area contributed by atoms with Crippen LogP contribution >= 0.6 is 0 Å². The third-order valence-corrected chi connectivity index (χ3v) is 3.84. The molecule has 0 atom stereocenters. The summed E-state index contributed by atoms with van der Waals surface area (Å²) in [6.45, 7) is -0.0793. The maximum absolute atomic E-state index is 12.1. The molecule has 3 aromatic rings. The lowest BCUT2D eigenvalue weighted by atomic mass is 10.1. The Morgan fingerprint density at radius 2 is 1.89 bits per heavy atom. The molecule has 1 amide bonds. The topological polar surface area (TPSA) is 90.7 Å². The van der Waals surface area contributed by atoms with Crippen LogP contribution in [0.1, 0.15) is 15.9 Å². The van der Waals surface area contributed by atoms with Crippen molar-refractivity contribution in [3.05, 3.63) is 72.2 Å². The van der Waals surface area contributed by atoms with Crippen LogP contribution in [0, 0.1) is 0 Å². The molecule has 2 aromatic carbocycles. The van der Waals surface area contributed by atoms with E-state index in [-0.39, 0.29) is 13.2 Å². The summed E-state index contributed by atoms with van der Waals surface area (Å²) in [6, 6.07) is 14.0. The van der Waals surface area contributed by atoms with Crippen LogP contribution in [0.2, 0.25) is 0 Å². The van der Waals surface area contributed by atoms with Crippen LogP contribution in [0.4, 0.5) is 0 Å². The minimum Gasteiger partial charge on any atom is -0.496 e. The molecule has 1 heterocycles. The number of hydrogen-bond acceptors (Lipinski definition) is 6. The molecule has 0 unspecified atom stereocenters. The van der Waals surface area contributed by atoms with Crippen LogP contribution in [0.15, 0.2) is 65.5 Å². The van der Waals surface area contributed by atoms with Gasteiger partial charge in [-0.2, -0.15) is 0 Å². The molecular formula is C20H18N2O5. The number of methoxy groups -OCH3 is 1. The Morgan fingerprint density at radius 3 is 2.59 bits per heavy atom. The number of esters is 1. The fraction of sp³-hybridized carbons (Fsp3) is 0.150. The lowest BCUT2D eigenvalue weighted by Crippen LogP contribution is -2.28. The Hall–Kier alpha value is -3.61. The minimum absolute atomic E-state index is 0.284. The second-order valence-electron chi connectivity index (χ2n) is 5.61. The van der Waals surface area contributed by atoms with E-state index in [9.17, 15) is 9.59 Å². The molecule has 3 rings (SSSR count). The molecule has 0 radical (unpaired) electrons. The molecule has 0 spiro atoms. The second kappa shape index (κ2) is 8.66. The third kappa shape index (κ3) is 4.72. The highest BCUT2D eigenvalue weighted by atomic mass is 16.5. The Bertz CT molecular complexity index is 904. The van der Waals surface area contributed by atoms with E-state index in [0.717, 1.165) is 11.1 Å². The molecule has 1 N–H and O–H groups in total. The van der Waals surface area contributed by atoms with Gasteiger partial charge in [-0.05, 0) is 18.2 Å². The zero-order valence-electron chi connectivity index (χ0n) is 14.7. The number of ether oxygens (including phenoxy) is 2. The monoisotopic (exact) mass is 366 g/mol. The minimum atomic E-state index is -0.577. The molecule has 1 aromatic heterocycles. The number of carbonyl (C=O) groups is 2. The first kappa shape index (κ1) is 18.2. The van der Waals surface area contributed by atoms with Gasteiger partial charge in [0.25, 0.3) is 5.91 Å². The highest BCUT2D eigenvalue weighted by Gasteiger charge is 2.11. The number of hydrogen-bond donors (Lipinski definition) is 1. The van der Waals surface area contributed by atoms with E-state index in [1.54, 1.807) is 37.6 Å². The first-order chi connectivity index (χ1) is 13.2. The molecule has 0 saturated carbocycles. The van der Waals surface area contributed by atoms with E-state index < -0.39 is 11.9 Å². The molecule has 0 saturated heterocycles. The molecule has 0 fully saturated rings. The van der Waals surface area contributed by atoms with Crippen molar-refractivity contribution in [1.82, 2.24) is 10.3 Å². The second-order valence-corrected chi connectivity index (χ2v) is 5.61. The quantitative estimate of drug-likeness (QED) is 0.647. The Balaban J connectivity index is 1.49. The smallest absolute Gasteiger partial charge is 0.338 e. The summed E-state index contributed by atoms with van der Waals surface area (Å²) in [6.07, 6.45) is 2.92. The normalized spacial score (nSPS) is 10.3. The van der Waals surface area contributed by atoms with Crippen molar-refractivity contribution in [3.8, 4) is 17.1 Å². The van der Waals surface area contributed by atoms with Gasteiger partial charge in [-0.3, -0.25) is 4.79 Å². The van der Waals surface area contributed by atoms with Crippen LogP contribution in [0.25, 0.3) is 11.3 Å². The molecule has 7 heteroatoms. The summed E-state index contributed by atoms with van der Waals surface area (Å²) in [4.78, 5) is 27.8. The number of oxazole rings is 1. The summed E-state index contributed by atoms with van der Waals surface area (Å²) >= 11 is 0. The number of rotatable bonds is 7. The Morgan fingerprint density at radius 1 is 1.11 bits per heavy atom. The van der Waals surface area contributed by atoms with Crippen molar-refractivity contribution < 1.29 is 23.5 Å². The molecule has 0 aliphatic heterocycles. The van der Waals surface area contributed by atoms with Gasteiger partial charge in [0.15, 0.2) is 18.8 Å². The maximum atomic E-state index is 12.1. The van der Waals surface area contributed by atoms with Gasteiger partial charge in [0.1, 0.15) is 5.75 Å². The number of amides is 1. The van der Waals surface area contributed by atoms with E-state index >= 15 is 0 Å². The maximum Gasteiger partial charge on any atom is 0.338 e. The number of aromatic nitrogens is 1. The van der Waals surface area contributed by atoms with Gasteiger partial charge in [0.2, 0.25) is 0 Å². The van der Waals surface area contributed by atoms with E-state index in [4.69, 9.17) is 13.9 Å². The van der Waals surface area contributed by atoms with Gasteiger partial charge >= 0.3 is 5.97 Å². The average Bonchev–Trinajstić information content (AvgIpc) is 3.25. The molecule has 7 nitrogen and oxygen atoms in total. The molecular weight excluding hydrogens is 348 g/mol. The summed E-state index contributed by atoms with van der Waals surface area (Å²) in [5, 5.41) is 2.69. The van der Waals surface area contributed by atoms with Gasteiger partial charge in [0, 0.05) is 17.7 Å². The number of benzene rings is 2. The molecule has 0 aliphatic rings. The standard InChI is InChI=1S/C20H18N2O5/c1-25-17-5-3-2-4-16(17)10-22-19(23)12-26-20(24)15-8-6-14(7-9-15)18-11-21-13-27-18/h2-9,11,13H,10,12H2,1H3,(H,22,23). The van der Waals surface area contributed by atoms with Gasteiger partial charge in [-0.1, -0.05) is 30.3 Å². The van der Waals surface area contributed by atoms with Gasteiger partial charge in [-0.15, -0.1) is 0 Å². The first-order valence-electron chi connectivity index (χ1n) is 8.22. The summed E-state index contributed by atoms with van der Waals surface area (Å²) in [5.41, 5.74) is 1.97. The highest BCUT2D eigenvalue weighted by Crippen LogP contribution is 2.19. The van der Waals surface area contributed by atoms with Crippen LogP contribution < -0.4 is 10.1 Å². The highest BCUT2D eigenvalue weighted by molar-refractivity contribution is 5.91. The zero-order chi connectivity index (χ0) is 19.1. The van der Waals surface area contributed by atoms with Crippen molar-refractivity contribution in [2.24, 2.45) is 0 Å². The Labute approximate surface area is 155 Å². The van der Waals surface area contributed by atoms with Crippen molar-refractivity contribution in [2.45, 2.75) is 6.54 Å². The number of para-hydroxylation sites is 1. The number of nitrogens with zero attached hydrogens (tertiary/aromatic N) is 1. The predicted octanol–water partition coefficient (Wildman–Crippen LogP) is 2.82. The lowest BCUT2D eigenvalue weighted by Gasteiger charge is -2.10. The molecule has 27 heavy (non-hydrogen) atoms. The summed E-state index contributed by atoms with van der Waals surface area (Å²) < 4.78 is 15.5. The molecule has 0 bridgehead atoms. The zero-order valence-corrected chi connectivity index (χ0v) is 14.7. The van der Waals surface area contributed by atoms with Crippen LogP contribution in [-0.4, -0.2) is 30.6 Å². The van der Waals surface area contributed by atoms with Crippen molar-refractivity contribution in [3.63, 3.8) is 0 Å². The summed E-state index contributed by atoms with van der Waals surface area (Å²) in [5.74, 6) is 0.311. The van der Waals surface area contributed by atoms with Gasteiger partial charge in [-0.25, -0.2) is 9.78 Å². The third-order valence-electron chi connectivity index (χ3n) is 3.84. The van der Waals surface area contributed by atoms with E-state index in [0.29, 0.717) is 17.1 Å². The predicted molar refractivity (Wildman–Crippen MR) is 97.1 cm³/mol. The van der Waals surface area contributed by atoms with Crippen LogP contribution in [0.3, 0.4) is 0 Å².